The van der Waals surface area contributed by atoms with Crippen LogP contribution in [0.5, 0.6) is 0 Å². The van der Waals surface area contributed by atoms with Gasteiger partial charge in [0, 0.05) is 32.0 Å². The van der Waals surface area contributed by atoms with E-state index in [1.54, 1.807) is 17.7 Å². The number of benzene rings is 1. The molecule has 9 heteroatoms. The van der Waals surface area contributed by atoms with E-state index in [-0.39, 0.29) is 40.7 Å². The van der Waals surface area contributed by atoms with Gasteiger partial charge in [-0.3, -0.25) is 9.59 Å². The molecule has 0 bridgehead atoms. The van der Waals surface area contributed by atoms with Crippen LogP contribution in [0.4, 0.5) is 13.2 Å². The molecule has 1 aliphatic heterocycles. The number of hydrogen-bond acceptors (Lipinski definition) is 3. The Morgan fingerprint density at radius 3 is 2.62 bits per heavy atom. The van der Waals surface area contributed by atoms with E-state index < -0.39 is 11.7 Å². The molecule has 2 amide bonds. The highest BCUT2D eigenvalue weighted by Crippen LogP contribution is 2.66. The number of aryl methyl sites for hydroxylation is 1. The minimum absolute atomic E-state index is 0.00877. The van der Waals surface area contributed by atoms with E-state index in [1.807, 2.05) is 11.9 Å². The van der Waals surface area contributed by atoms with Gasteiger partial charge >= 0.3 is 6.18 Å². The largest absolute Gasteiger partial charge is 0.416 e. The normalized spacial score (nSPS) is 35.4. The first-order chi connectivity index (χ1) is 18.8. The lowest BCUT2D eigenvalue weighted by atomic mass is 9.47. The Morgan fingerprint density at radius 2 is 1.88 bits per heavy atom. The average molecular weight is 557 g/mol. The molecule has 1 aromatic carbocycles. The Kier molecular flexibility index (Phi) is 6.39. The minimum atomic E-state index is -4.42. The van der Waals surface area contributed by atoms with Crippen LogP contribution in [0.1, 0.15) is 70.2 Å². The summed E-state index contributed by atoms with van der Waals surface area (Å²) in [6.45, 7) is 4.92. The molecule has 0 radical (unpaired) electrons. The van der Waals surface area contributed by atoms with Gasteiger partial charge in [-0.25, -0.2) is 4.98 Å². The van der Waals surface area contributed by atoms with Gasteiger partial charge in [0.25, 0.3) is 0 Å². The molecule has 6 rings (SSSR count). The molecule has 2 heterocycles. The molecule has 216 valence electrons. The molecule has 3 fully saturated rings. The average Bonchev–Trinajstić information content (AvgIpc) is 3.40. The number of carbonyl (C=O) groups is 2. The summed E-state index contributed by atoms with van der Waals surface area (Å²) >= 11 is 0. The number of rotatable bonds is 4. The Labute approximate surface area is 233 Å². The van der Waals surface area contributed by atoms with Gasteiger partial charge in [0.2, 0.25) is 11.8 Å². The first-order valence-electron chi connectivity index (χ1n) is 14.6. The fraction of sp³-hybridized carbons (Fsp3) is 0.645. The highest BCUT2D eigenvalue weighted by molar-refractivity contribution is 5.89. The molecule has 0 saturated heterocycles. The molecule has 40 heavy (non-hydrogen) atoms. The lowest BCUT2D eigenvalue weighted by Gasteiger charge is -2.60. The van der Waals surface area contributed by atoms with Crippen LogP contribution in [-0.2, 0) is 29.4 Å². The van der Waals surface area contributed by atoms with Crippen molar-refractivity contribution in [3.63, 3.8) is 0 Å². The van der Waals surface area contributed by atoms with Gasteiger partial charge in [-0.15, -0.1) is 0 Å². The number of likely N-dealkylation sites (N-methyl/N-ethyl adjacent to an activating group) is 1. The van der Waals surface area contributed by atoms with E-state index in [2.05, 4.69) is 30.2 Å². The van der Waals surface area contributed by atoms with Gasteiger partial charge in [-0.1, -0.05) is 19.9 Å². The maximum Gasteiger partial charge on any atom is 0.416 e. The van der Waals surface area contributed by atoms with Crippen LogP contribution < -0.4 is 5.32 Å². The van der Waals surface area contributed by atoms with E-state index in [9.17, 15) is 22.8 Å². The minimum Gasteiger partial charge on any atom is -0.349 e. The number of imidazole rings is 1. The highest BCUT2D eigenvalue weighted by Gasteiger charge is 2.60. The van der Waals surface area contributed by atoms with Crippen LogP contribution in [0.2, 0.25) is 0 Å². The summed E-state index contributed by atoms with van der Waals surface area (Å²) in [7, 11) is 3.70. The molecule has 0 spiro atoms. The number of nitrogens with zero attached hydrogens (tertiary/aromatic N) is 3. The zero-order chi connectivity index (χ0) is 28.6. The molecule has 7 atom stereocenters. The molecule has 2 aromatic rings. The molecular formula is C31H39F3N4O2. The summed E-state index contributed by atoms with van der Waals surface area (Å²) in [5.41, 5.74) is 0.279. The van der Waals surface area contributed by atoms with Crippen molar-refractivity contribution in [3.05, 3.63) is 41.7 Å². The van der Waals surface area contributed by atoms with Gasteiger partial charge < -0.3 is 14.8 Å². The van der Waals surface area contributed by atoms with Crippen molar-refractivity contribution in [1.82, 2.24) is 19.8 Å². The van der Waals surface area contributed by atoms with Crippen molar-refractivity contribution in [2.45, 2.75) is 77.6 Å². The first kappa shape index (κ1) is 27.3. The lowest BCUT2D eigenvalue weighted by molar-refractivity contribution is -0.139. The Morgan fingerprint density at radius 1 is 1.10 bits per heavy atom. The van der Waals surface area contributed by atoms with Crippen LogP contribution >= 0.6 is 0 Å². The number of carbonyl (C=O) groups excluding carboxylic acids is 2. The van der Waals surface area contributed by atoms with Gasteiger partial charge in [0.15, 0.2) is 0 Å². The number of fused-ring (bicyclic) bond motifs is 6. The van der Waals surface area contributed by atoms with E-state index in [0.29, 0.717) is 41.4 Å². The summed E-state index contributed by atoms with van der Waals surface area (Å²) in [5.74, 6) is 2.68. The summed E-state index contributed by atoms with van der Waals surface area (Å²) in [6.07, 6.45) is 6.57. The van der Waals surface area contributed by atoms with Gasteiger partial charge in [0.1, 0.15) is 5.82 Å². The van der Waals surface area contributed by atoms with E-state index in [1.165, 1.54) is 6.07 Å². The Bertz CT molecular complexity index is 1380. The van der Waals surface area contributed by atoms with Crippen molar-refractivity contribution >= 4 is 22.8 Å². The van der Waals surface area contributed by atoms with E-state index >= 15 is 0 Å². The molecule has 1 N–H and O–H groups in total. The van der Waals surface area contributed by atoms with E-state index in [4.69, 9.17) is 0 Å². The first-order valence-corrected chi connectivity index (χ1v) is 14.6. The monoisotopic (exact) mass is 556 g/mol. The Balaban J connectivity index is 1.12. The number of amides is 2. The number of halogens is 3. The van der Waals surface area contributed by atoms with Gasteiger partial charge in [0.05, 0.1) is 23.1 Å². The zero-order valence-electron chi connectivity index (χ0n) is 23.7. The van der Waals surface area contributed by atoms with Gasteiger partial charge in [-0.05, 0) is 91.9 Å². The molecule has 3 aliphatic carbocycles. The predicted octanol–water partition coefficient (Wildman–Crippen LogP) is 5.85. The van der Waals surface area contributed by atoms with Crippen LogP contribution in [-0.4, -0.2) is 39.4 Å². The highest BCUT2D eigenvalue weighted by atomic mass is 19.4. The second-order valence-corrected chi connectivity index (χ2v) is 13.2. The maximum atomic E-state index is 13.1. The van der Waals surface area contributed by atoms with Crippen molar-refractivity contribution in [2.24, 2.45) is 41.5 Å². The molecule has 1 aromatic heterocycles. The number of hydrogen-bond donors (Lipinski definition) is 1. The number of alkyl halides is 3. The second-order valence-electron chi connectivity index (χ2n) is 13.2. The number of aromatic nitrogens is 2. The van der Waals surface area contributed by atoms with E-state index in [0.717, 1.165) is 50.7 Å². The third kappa shape index (κ3) is 4.17. The second kappa shape index (κ2) is 9.35. The lowest BCUT2D eigenvalue weighted by Crippen LogP contribution is -2.59. The summed E-state index contributed by atoms with van der Waals surface area (Å²) in [6, 6.07) is 3.82. The summed E-state index contributed by atoms with van der Waals surface area (Å²) in [4.78, 5) is 31.8. The predicted molar refractivity (Wildman–Crippen MR) is 146 cm³/mol. The van der Waals surface area contributed by atoms with Crippen LogP contribution in [0.3, 0.4) is 0 Å². The van der Waals surface area contributed by atoms with Crippen molar-refractivity contribution in [1.29, 1.82) is 0 Å². The molecule has 4 aliphatic rings. The fourth-order valence-electron chi connectivity index (χ4n) is 9.24. The van der Waals surface area contributed by atoms with Crippen molar-refractivity contribution in [3.8, 4) is 0 Å². The molecule has 3 saturated carbocycles. The summed E-state index contributed by atoms with van der Waals surface area (Å²) in [5, 5.41) is 3.00. The topological polar surface area (TPSA) is 67.2 Å². The quantitative estimate of drug-likeness (QED) is 0.514. The van der Waals surface area contributed by atoms with Crippen LogP contribution in [0, 0.1) is 34.5 Å². The molecule has 4 unspecified atom stereocenters. The SMILES string of the molecule is CN1C(=O)C=C[C@]2(C)C3CC[C@@]4(C)C(CC[C@@H]4CC(=O)NCc4nc5cc(C(F)(F)F)ccc5n4C)C3CCC12. The maximum absolute atomic E-state index is 13.1. The third-order valence-electron chi connectivity index (χ3n) is 11.5. The fourth-order valence-corrected chi connectivity index (χ4v) is 9.24. The third-order valence-corrected chi connectivity index (χ3v) is 11.5. The zero-order valence-corrected chi connectivity index (χ0v) is 23.7. The van der Waals surface area contributed by atoms with Gasteiger partial charge in [-0.2, -0.15) is 13.2 Å². The molecular weight excluding hydrogens is 517 g/mol. The van der Waals surface area contributed by atoms with Crippen LogP contribution in [0.25, 0.3) is 11.0 Å². The van der Waals surface area contributed by atoms with Crippen molar-refractivity contribution in [2.75, 3.05) is 7.05 Å². The number of nitrogens with one attached hydrogen (secondary N) is 1. The Hall–Kier alpha value is -2.84. The smallest absolute Gasteiger partial charge is 0.349 e. The summed E-state index contributed by atoms with van der Waals surface area (Å²) < 4.78 is 41.1. The standard InChI is InChI=1S/C31H39F3N4O2/c1-29-13-11-22-20(7-10-25-30(22,2)14-12-28(40)38(25)4)21(29)8-5-18(29)16-27(39)35-17-26-36-23-15-19(31(32,33)34)6-9-24(23)37(26)3/h6,9,12,14-15,18,20-22,25H,5,7-8,10-11,13,16-17H2,1-4H3,(H,35,39)/t18-,20?,21?,22?,25?,29-,30-/m1/s1. The molecule has 6 nitrogen and oxygen atoms in total. The van der Waals surface area contributed by atoms with Crippen LogP contribution in [0.15, 0.2) is 30.4 Å². The van der Waals surface area contributed by atoms with Crippen molar-refractivity contribution < 1.29 is 22.8 Å².